The quantitative estimate of drug-likeness (QED) is 0.726. The molecule has 3 N–H and O–H groups in total. The fourth-order valence-electron chi connectivity index (χ4n) is 2.27. The van der Waals surface area contributed by atoms with Crippen molar-refractivity contribution in [3.8, 4) is 28.4 Å². The molecule has 0 saturated heterocycles. The Bertz CT molecular complexity index is 853. The van der Waals surface area contributed by atoms with Crippen molar-refractivity contribution in [1.82, 2.24) is 9.97 Å². The first-order chi connectivity index (χ1) is 11.2. The fourth-order valence-corrected chi connectivity index (χ4v) is 2.27. The van der Waals surface area contributed by atoms with E-state index in [-0.39, 0.29) is 5.56 Å². The van der Waals surface area contributed by atoms with E-state index in [4.69, 9.17) is 10.5 Å². The van der Waals surface area contributed by atoms with E-state index in [1.54, 1.807) is 12.1 Å². The average molecular weight is 307 g/mol. The summed E-state index contributed by atoms with van der Waals surface area (Å²) in [5.74, 6) is 1.31. The molecule has 1 aromatic heterocycles. The van der Waals surface area contributed by atoms with Crippen LogP contribution in [-0.2, 0) is 0 Å². The van der Waals surface area contributed by atoms with Gasteiger partial charge in [-0.25, -0.2) is 4.98 Å². The number of nitrogen functional groups attached to an aromatic ring is 1. The van der Waals surface area contributed by atoms with Crippen molar-refractivity contribution in [1.29, 1.82) is 0 Å². The van der Waals surface area contributed by atoms with Gasteiger partial charge >= 0.3 is 0 Å². The molecule has 0 unspecified atom stereocenters. The summed E-state index contributed by atoms with van der Waals surface area (Å²) in [4.78, 5) is 19.3. The van der Waals surface area contributed by atoms with Crippen LogP contribution >= 0.6 is 0 Å². The van der Waals surface area contributed by atoms with E-state index >= 15 is 0 Å². The van der Waals surface area contributed by atoms with Gasteiger partial charge in [0.2, 0.25) is 0 Å². The summed E-state index contributed by atoms with van der Waals surface area (Å²) in [7, 11) is 0. The first kappa shape index (κ1) is 14.8. The van der Waals surface area contributed by atoms with Gasteiger partial charge in [-0.15, -0.1) is 0 Å². The maximum atomic E-state index is 11.9. The van der Waals surface area contributed by atoms with Crippen molar-refractivity contribution in [3.05, 3.63) is 65.0 Å². The highest BCUT2D eigenvalue weighted by molar-refractivity contribution is 5.65. The maximum Gasteiger partial charge on any atom is 0.251 e. The predicted octanol–water partition coefficient (Wildman–Crippen LogP) is 3.08. The van der Waals surface area contributed by atoms with Crippen LogP contribution in [0, 0.1) is 0 Å². The molecule has 0 bridgehead atoms. The van der Waals surface area contributed by atoms with Crippen LogP contribution in [0.25, 0.3) is 22.6 Å². The molecule has 116 valence electrons. The van der Waals surface area contributed by atoms with Crippen molar-refractivity contribution >= 4 is 5.69 Å². The molecule has 0 saturated carbocycles. The molecule has 0 spiro atoms. The fraction of sp³-hybridized carbons (Fsp3) is 0.111. The third-order valence-electron chi connectivity index (χ3n) is 3.39. The summed E-state index contributed by atoms with van der Waals surface area (Å²) in [5.41, 5.74) is 8.44. The van der Waals surface area contributed by atoms with Crippen LogP contribution in [0.15, 0.2) is 59.4 Å². The van der Waals surface area contributed by atoms with E-state index in [1.165, 1.54) is 6.07 Å². The number of nitrogens with zero attached hydrogens (tertiary/aromatic N) is 1. The molecule has 5 nitrogen and oxygen atoms in total. The Kier molecular flexibility index (Phi) is 4.10. The molecule has 1 heterocycles. The molecule has 5 heteroatoms. The van der Waals surface area contributed by atoms with Crippen molar-refractivity contribution in [3.63, 3.8) is 0 Å². The molecule has 3 rings (SSSR count). The first-order valence-corrected chi connectivity index (χ1v) is 7.36. The van der Waals surface area contributed by atoms with E-state index < -0.39 is 0 Å². The lowest BCUT2D eigenvalue weighted by molar-refractivity contribution is 0.340. The number of aromatic nitrogens is 2. The van der Waals surface area contributed by atoms with Crippen molar-refractivity contribution in [2.45, 2.75) is 6.92 Å². The van der Waals surface area contributed by atoms with Crippen molar-refractivity contribution < 1.29 is 4.74 Å². The Morgan fingerprint density at radius 2 is 1.70 bits per heavy atom. The van der Waals surface area contributed by atoms with E-state index in [2.05, 4.69) is 9.97 Å². The van der Waals surface area contributed by atoms with Crippen LogP contribution in [0.3, 0.4) is 0 Å². The van der Waals surface area contributed by atoms with E-state index in [9.17, 15) is 4.79 Å². The van der Waals surface area contributed by atoms with Gasteiger partial charge in [-0.2, -0.15) is 0 Å². The molecule has 0 radical (unpaired) electrons. The molecule has 23 heavy (non-hydrogen) atoms. The van der Waals surface area contributed by atoms with E-state index in [0.29, 0.717) is 23.8 Å². The Balaban J connectivity index is 2.00. The third-order valence-corrected chi connectivity index (χ3v) is 3.39. The van der Waals surface area contributed by atoms with Crippen LogP contribution in [-0.4, -0.2) is 16.6 Å². The SMILES string of the molecule is CCOc1ccc(-c2nc(-c3ccc(N)cc3)cc(=O)[nH]2)cc1. The number of nitrogens with two attached hydrogens (primary N) is 1. The molecule has 3 aromatic rings. The van der Waals surface area contributed by atoms with Crippen molar-refractivity contribution in [2.75, 3.05) is 12.3 Å². The number of ether oxygens (including phenoxy) is 1. The number of H-pyrrole nitrogens is 1. The van der Waals surface area contributed by atoms with Gasteiger partial charge in [0.1, 0.15) is 11.6 Å². The summed E-state index contributed by atoms with van der Waals surface area (Å²) < 4.78 is 5.42. The third kappa shape index (κ3) is 3.40. The first-order valence-electron chi connectivity index (χ1n) is 7.36. The zero-order chi connectivity index (χ0) is 16.2. The summed E-state index contributed by atoms with van der Waals surface area (Å²) in [6.07, 6.45) is 0. The van der Waals surface area contributed by atoms with Gasteiger partial charge in [0.25, 0.3) is 5.56 Å². The van der Waals surface area contributed by atoms with Crippen LogP contribution in [0.4, 0.5) is 5.69 Å². The average Bonchev–Trinajstić information content (AvgIpc) is 2.56. The molecule has 0 aliphatic rings. The second-order valence-corrected chi connectivity index (χ2v) is 5.06. The number of hydrogen-bond donors (Lipinski definition) is 2. The minimum Gasteiger partial charge on any atom is -0.494 e. The van der Waals surface area contributed by atoms with Gasteiger partial charge in [0, 0.05) is 22.9 Å². The maximum absolute atomic E-state index is 11.9. The zero-order valence-electron chi connectivity index (χ0n) is 12.7. The lowest BCUT2D eigenvalue weighted by atomic mass is 10.1. The number of rotatable bonds is 4. The Hall–Kier alpha value is -3.08. The normalized spacial score (nSPS) is 10.5. The molecule has 0 amide bonds. The van der Waals surface area contributed by atoms with Crippen LogP contribution < -0.4 is 16.0 Å². The van der Waals surface area contributed by atoms with Crippen LogP contribution in [0.2, 0.25) is 0 Å². The van der Waals surface area contributed by atoms with E-state index in [1.807, 2.05) is 43.3 Å². The Morgan fingerprint density at radius 3 is 2.35 bits per heavy atom. The van der Waals surface area contributed by atoms with Gasteiger partial charge in [0.15, 0.2) is 0 Å². The summed E-state index contributed by atoms with van der Waals surface area (Å²) in [6, 6.07) is 16.2. The second-order valence-electron chi connectivity index (χ2n) is 5.06. The molecular weight excluding hydrogens is 290 g/mol. The minimum absolute atomic E-state index is 0.198. The summed E-state index contributed by atoms with van der Waals surface area (Å²) in [6.45, 7) is 2.55. The highest BCUT2D eigenvalue weighted by Crippen LogP contribution is 2.22. The second kappa shape index (κ2) is 6.36. The van der Waals surface area contributed by atoms with E-state index in [0.717, 1.165) is 16.9 Å². The van der Waals surface area contributed by atoms with Gasteiger partial charge < -0.3 is 15.5 Å². The van der Waals surface area contributed by atoms with Crippen LogP contribution in [0.5, 0.6) is 5.75 Å². The highest BCUT2D eigenvalue weighted by atomic mass is 16.5. The molecule has 0 atom stereocenters. The Morgan fingerprint density at radius 1 is 1.04 bits per heavy atom. The molecule has 0 aliphatic heterocycles. The van der Waals surface area contributed by atoms with Gasteiger partial charge in [0.05, 0.1) is 12.3 Å². The lowest BCUT2D eigenvalue weighted by Crippen LogP contribution is -2.08. The summed E-state index contributed by atoms with van der Waals surface area (Å²) in [5, 5.41) is 0. The molecular formula is C18H17N3O2. The van der Waals surface area contributed by atoms with Gasteiger partial charge in [-0.3, -0.25) is 4.79 Å². The number of anilines is 1. The highest BCUT2D eigenvalue weighted by Gasteiger charge is 2.06. The number of aromatic amines is 1. The zero-order valence-corrected chi connectivity index (χ0v) is 12.7. The predicted molar refractivity (Wildman–Crippen MR) is 91.3 cm³/mol. The smallest absolute Gasteiger partial charge is 0.251 e. The molecule has 0 fully saturated rings. The topological polar surface area (TPSA) is 81.0 Å². The number of benzene rings is 2. The number of nitrogens with one attached hydrogen (secondary N) is 1. The largest absolute Gasteiger partial charge is 0.494 e. The van der Waals surface area contributed by atoms with Gasteiger partial charge in [-0.05, 0) is 43.3 Å². The lowest BCUT2D eigenvalue weighted by Gasteiger charge is -2.07. The monoisotopic (exact) mass is 307 g/mol. The summed E-state index contributed by atoms with van der Waals surface area (Å²) >= 11 is 0. The standard InChI is InChI=1S/C18H17N3O2/c1-2-23-15-9-5-13(6-10-15)18-20-16(11-17(22)21-18)12-3-7-14(19)8-4-12/h3-11H,2,19H2,1H3,(H,20,21,22). The molecule has 2 aromatic carbocycles. The van der Waals surface area contributed by atoms with Gasteiger partial charge in [-0.1, -0.05) is 12.1 Å². The van der Waals surface area contributed by atoms with Crippen LogP contribution in [0.1, 0.15) is 6.92 Å². The minimum atomic E-state index is -0.198. The molecule has 0 aliphatic carbocycles. The Labute approximate surface area is 133 Å². The van der Waals surface area contributed by atoms with Crippen molar-refractivity contribution in [2.24, 2.45) is 0 Å². The number of hydrogen-bond acceptors (Lipinski definition) is 4.